The molecule has 80 valence electrons. The number of hydrogen-bond donors (Lipinski definition) is 0. The van der Waals surface area contributed by atoms with Gasteiger partial charge in [-0.25, -0.2) is 4.79 Å². The Morgan fingerprint density at radius 1 is 1.20 bits per heavy atom. The van der Waals surface area contributed by atoms with E-state index in [-0.39, 0.29) is 5.97 Å². The largest absolute Gasteiger partial charge is 0.423 e. The molecule has 0 bridgehead atoms. The van der Waals surface area contributed by atoms with Crippen LogP contribution in [0.2, 0.25) is 0 Å². The lowest BCUT2D eigenvalue weighted by Crippen LogP contribution is -2.10. The highest BCUT2D eigenvalue weighted by atomic mass is 16.5. The third kappa shape index (κ3) is 3.24. The molecule has 0 N–H and O–H groups in total. The monoisotopic (exact) mass is 204 g/mol. The number of rotatable bonds is 3. The highest BCUT2D eigenvalue weighted by Gasteiger charge is 2.09. The quantitative estimate of drug-likeness (QED) is 0.429. The van der Waals surface area contributed by atoms with Gasteiger partial charge < -0.3 is 4.74 Å². The summed E-state index contributed by atoms with van der Waals surface area (Å²) >= 11 is 0. The third-order valence-corrected chi connectivity index (χ3v) is 2.43. The molecule has 0 unspecified atom stereocenters. The lowest BCUT2D eigenvalue weighted by Gasteiger charge is -2.06. The van der Waals surface area contributed by atoms with Gasteiger partial charge in [0.25, 0.3) is 0 Å². The van der Waals surface area contributed by atoms with Crippen molar-refractivity contribution in [2.75, 3.05) is 0 Å². The molecule has 0 atom stereocenters. The molecule has 0 fully saturated rings. The van der Waals surface area contributed by atoms with Gasteiger partial charge in [-0.1, -0.05) is 30.7 Å². The molecule has 0 saturated carbocycles. The van der Waals surface area contributed by atoms with E-state index < -0.39 is 0 Å². The first-order valence-electron chi connectivity index (χ1n) is 5.08. The minimum absolute atomic E-state index is 0.263. The zero-order chi connectivity index (χ0) is 11.3. The van der Waals surface area contributed by atoms with Crippen LogP contribution in [-0.4, -0.2) is 5.97 Å². The summed E-state index contributed by atoms with van der Waals surface area (Å²) in [6.45, 7) is 5.76. The lowest BCUT2D eigenvalue weighted by atomic mass is 10.1. The Hall–Kier alpha value is -1.57. The maximum Gasteiger partial charge on any atom is 0.339 e. The molecule has 0 spiro atoms. The predicted molar refractivity (Wildman–Crippen MR) is 60.7 cm³/mol. The van der Waals surface area contributed by atoms with E-state index in [1.165, 1.54) is 0 Å². The van der Waals surface area contributed by atoms with Crippen molar-refractivity contribution in [1.82, 2.24) is 0 Å². The van der Waals surface area contributed by atoms with Crippen LogP contribution in [0, 0.1) is 0 Å². The Balaban J connectivity index is 2.73. The summed E-state index contributed by atoms with van der Waals surface area (Å²) in [5, 5.41) is 0. The predicted octanol–water partition coefficient (Wildman–Crippen LogP) is 3.34. The number of ether oxygens (including phenoxy) is 1. The van der Waals surface area contributed by atoms with Crippen LogP contribution in [0.1, 0.15) is 27.2 Å². The molecule has 0 aliphatic carbocycles. The number of para-hydroxylation sites is 1. The van der Waals surface area contributed by atoms with E-state index in [1.807, 2.05) is 32.0 Å². The zero-order valence-electron chi connectivity index (χ0n) is 9.41. The van der Waals surface area contributed by atoms with Gasteiger partial charge >= 0.3 is 5.97 Å². The summed E-state index contributed by atoms with van der Waals surface area (Å²) < 4.78 is 5.20. The SMILES string of the molecule is CC/C(C)=C(\C)C(=O)Oc1ccccc1. The molecule has 0 saturated heterocycles. The van der Waals surface area contributed by atoms with Crippen LogP contribution in [-0.2, 0) is 4.79 Å². The van der Waals surface area contributed by atoms with Crippen LogP contribution in [0.3, 0.4) is 0 Å². The number of carbonyl (C=O) groups excluding carboxylic acids is 1. The van der Waals surface area contributed by atoms with Crippen molar-refractivity contribution >= 4 is 5.97 Å². The second-order valence-corrected chi connectivity index (χ2v) is 3.46. The fraction of sp³-hybridized carbons (Fsp3) is 0.308. The number of hydrogen-bond acceptors (Lipinski definition) is 2. The van der Waals surface area contributed by atoms with Crippen molar-refractivity contribution in [3.05, 3.63) is 41.5 Å². The van der Waals surface area contributed by atoms with E-state index >= 15 is 0 Å². The summed E-state index contributed by atoms with van der Waals surface area (Å²) in [4.78, 5) is 11.6. The second kappa shape index (κ2) is 5.35. The molecule has 1 rings (SSSR count). The summed E-state index contributed by atoms with van der Waals surface area (Å²) in [6, 6.07) is 9.11. The minimum atomic E-state index is -0.263. The van der Waals surface area contributed by atoms with Crippen LogP contribution in [0.5, 0.6) is 5.75 Å². The molecule has 0 amide bonds. The lowest BCUT2D eigenvalue weighted by molar-refractivity contribution is -0.130. The fourth-order valence-electron chi connectivity index (χ4n) is 1.11. The highest BCUT2D eigenvalue weighted by Crippen LogP contribution is 2.13. The molecule has 0 aromatic heterocycles. The Kier molecular flexibility index (Phi) is 4.10. The minimum Gasteiger partial charge on any atom is -0.423 e. The van der Waals surface area contributed by atoms with E-state index in [0.717, 1.165) is 12.0 Å². The van der Waals surface area contributed by atoms with Gasteiger partial charge in [0.15, 0.2) is 0 Å². The molecule has 2 heteroatoms. The third-order valence-electron chi connectivity index (χ3n) is 2.43. The maximum absolute atomic E-state index is 11.6. The van der Waals surface area contributed by atoms with E-state index in [1.54, 1.807) is 19.1 Å². The first-order chi connectivity index (χ1) is 7.15. The van der Waals surface area contributed by atoms with Crippen molar-refractivity contribution in [3.63, 3.8) is 0 Å². The first-order valence-corrected chi connectivity index (χ1v) is 5.08. The average molecular weight is 204 g/mol. The van der Waals surface area contributed by atoms with Gasteiger partial charge in [-0.3, -0.25) is 0 Å². The molecular weight excluding hydrogens is 188 g/mol. The van der Waals surface area contributed by atoms with Crippen LogP contribution < -0.4 is 4.74 Å². The number of allylic oxidation sites excluding steroid dienone is 1. The van der Waals surface area contributed by atoms with Crippen molar-refractivity contribution in [2.24, 2.45) is 0 Å². The summed E-state index contributed by atoms with van der Waals surface area (Å²) in [5.41, 5.74) is 1.76. The van der Waals surface area contributed by atoms with Crippen LogP contribution in [0.25, 0.3) is 0 Å². The summed E-state index contributed by atoms with van der Waals surface area (Å²) in [5.74, 6) is 0.325. The van der Waals surface area contributed by atoms with Gasteiger partial charge in [0, 0.05) is 5.57 Å². The van der Waals surface area contributed by atoms with Gasteiger partial charge in [0.2, 0.25) is 0 Å². The van der Waals surface area contributed by atoms with E-state index in [0.29, 0.717) is 11.3 Å². The van der Waals surface area contributed by atoms with Crippen molar-refractivity contribution < 1.29 is 9.53 Å². The Labute approximate surface area is 90.6 Å². The Morgan fingerprint density at radius 3 is 2.33 bits per heavy atom. The maximum atomic E-state index is 11.6. The molecule has 2 nitrogen and oxygen atoms in total. The molecule has 1 aromatic carbocycles. The Morgan fingerprint density at radius 2 is 1.80 bits per heavy atom. The number of carbonyl (C=O) groups is 1. The van der Waals surface area contributed by atoms with Crippen LogP contribution in [0.15, 0.2) is 41.5 Å². The van der Waals surface area contributed by atoms with Gasteiger partial charge in [0.1, 0.15) is 5.75 Å². The average Bonchev–Trinajstić information content (AvgIpc) is 2.28. The number of benzene rings is 1. The molecule has 0 aliphatic rings. The first kappa shape index (κ1) is 11.5. The van der Waals surface area contributed by atoms with Crippen molar-refractivity contribution in [1.29, 1.82) is 0 Å². The van der Waals surface area contributed by atoms with Crippen molar-refractivity contribution in [3.8, 4) is 5.75 Å². The highest BCUT2D eigenvalue weighted by molar-refractivity contribution is 5.90. The molecule has 0 aliphatic heterocycles. The molecular formula is C13H16O2. The zero-order valence-corrected chi connectivity index (χ0v) is 9.41. The van der Waals surface area contributed by atoms with Gasteiger partial charge in [-0.15, -0.1) is 0 Å². The van der Waals surface area contributed by atoms with E-state index in [2.05, 4.69) is 0 Å². The van der Waals surface area contributed by atoms with Gasteiger partial charge in [0.05, 0.1) is 0 Å². The van der Waals surface area contributed by atoms with Gasteiger partial charge in [-0.05, 0) is 32.4 Å². The summed E-state index contributed by atoms with van der Waals surface area (Å²) in [6.07, 6.45) is 0.871. The molecule has 1 aromatic rings. The fourth-order valence-corrected chi connectivity index (χ4v) is 1.11. The summed E-state index contributed by atoms with van der Waals surface area (Å²) in [7, 11) is 0. The van der Waals surface area contributed by atoms with E-state index in [4.69, 9.17) is 4.74 Å². The van der Waals surface area contributed by atoms with Gasteiger partial charge in [-0.2, -0.15) is 0 Å². The van der Waals surface area contributed by atoms with Crippen molar-refractivity contribution in [2.45, 2.75) is 27.2 Å². The molecule has 0 heterocycles. The molecule has 0 radical (unpaired) electrons. The molecule has 15 heavy (non-hydrogen) atoms. The topological polar surface area (TPSA) is 26.3 Å². The van der Waals surface area contributed by atoms with E-state index in [9.17, 15) is 4.79 Å². The normalized spacial score (nSPS) is 11.9. The standard InChI is InChI=1S/C13H16O2/c1-4-10(2)11(3)13(14)15-12-8-6-5-7-9-12/h5-9H,4H2,1-3H3/b11-10+. The van der Waals surface area contributed by atoms with Crippen LogP contribution >= 0.6 is 0 Å². The van der Waals surface area contributed by atoms with Crippen LogP contribution in [0.4, 0.5) is 0 Å². The number of esters is 1. The Bertz CT molecular complexity index is 363. The second-order valence-electron chi connectivity index (χ2n) is 3.46. The smallest absolute Gasteiger partial charge is 0.339 e.